The van der Waals surface area contributed by atoms with E-state index in [2.05, 4.69) is 4.98 Å². The van der Waals surface area contributed by atoms with Gasteiger partial charge in [0.15, 0.2) is 5.69 Å². The van der Waals surface area contributed by atoms with Crippen molar-refractivity contribution in [1.82, 2.24) is 4.98 Å². The van der Waals surface area contributed by atoms with Crippen LogP contribution in [0.1, 0.15) is 11.4 Å². The van der Waals surface area contributed by atoms with Gasteiger partial charge in [0.25, 0.3) is 11.3 Å². The molecule has 0 aliphatic heterocycles. The number of aromatic nitrogens is 2. The van der Waals surface area contributed by atoms with Gasteiger partial charge in [0.2, 0.25) is 0 Å². The highest BCUT2D eigenvalue weighted by Crippen LogP contribution is 2.30. The van der Waals surface area contributed by atoms with Gasteiger partial charge in [-0.3, -0.25) is 0 Å². The van der Waals surface area contributed by atoms with E-state index in [0.29, 0.717) is 5.65 Å². The molecule has 6 heteroatoms. The first-order chi connectivity index (χ1) is 7.04. The second kappa shape index (κ2) is 3.41. The van der Waals surface area contributed by atoms with Gasteiger partial charge < -0.3 is 0 Å². The molecular weight excluding hydrogens is 229 g/mol. The molecule has 2 nitrogen and oxygen atoms in total. The van der Waals surface area contributed by atoms with Gasteiger partial charge >= 0.3 is 6.18 Å². The molecule has 0 aromatic carbocycles. The maximum absolute atomic E-state index is 12.7. The van der Waals surface area contributed by atoms with Crippen LogP contribution < -0.4 is 4.40 Å². The van der Waals surface area contributed by atoms with Crippen molar-refractivity contribution in [2.45, 2.75) is 12.1 Å². The van der Waals surface area contributed by atoms with Crippen LogP contribution in [-0.2, 0) is 12.1 Å². The zero-order chi connectivity index (χ0) is 11.1. The predicted molar refractivity (Wildman–Crippen MR) is 48.5 cm³/mol. The molecule has 0 atom stereocenters. The Balaban J connectivity index is 2.79. The van der Waals surface area contributed by atoms with Crippen LogP contribution in [-0.4, -0.2) is 4.98 Å². The topological polar surface area (TPSA) is 19.9 Å². The maximum Gasteiger partial charge on any atom is 0.458 e. The van der Waals surface area contributed by atoms with Crippen LogP contribution in [0.4, 0.5) is 13.2 Å². The van der Waals surface area contributed by atoms with Crippen LogP contribution in [0.3, 0.4) is 0 Å². The van der Waals surface area contributed by atoms with Crippen molar-refractivity contribution in [2.75, 3.05) is 0 Å². The first kappa shape index (κ1) is 10.3. The van der Waals surface area contributed by atoms with Crippen molar-refractivity contribution < 1.29 is 17.6 Å². The number of fused-ring (bicyclic) bond motifs is 1. The molecule has 0 bridgehead atoms. The summed E-state index contributed by atoms with van der Waals surface area (Å²) in [6, 6.07) is 4.75. The number of hydrogen-bond donors (Lipinski definition) is 1. The molecule has 0 aliphatic rings. The average molecular weight is 236 g/mol. The van der Waals surface area contributed by atoms with Crippen LogP contribution >= 0.6 is 11.6 Å². The Morgan fingerprint density at radius 1 is 1.33 bits per heavy atom. The number of rotatable bonds is 1. The Labute approximate surface area is 88.3 Å². The Hall–Kier alpha value is -1.23. The van der Waals surface area contributed by atoms with E-state index in [4.69, 9.17) is 11.6 Å². The summed E-state index contributed by atoms with van der Waals surface area (Å²) in [7, 11) is 0. The number of pyridine rings is 1. The van der Waals surface area contributed by atoms with Gasteiger partial charge in [-0.15, -0.1) is 11.6 Å². The van der Waals surface area contributed by atoms with E-state index < -0.39 is 11.9 Å². The molecule has 2 aromatic rings. The fourth-order valence-corrected chi connectivity index (χ4v) is 1.70. The summed E-state index contributed by atoms with van der Waals surface area (Å²) in [6.07, 6.45) is -3.06. The first-order valence-electron chi connectivity index (χ1n) is 4.18. The molecule has 1 N–H and O–H groups in total. The van der Waals surface area contributed by atoms with Crippen molar-refractivity contribution >= 4 is 17.2 Å². The molecule has 2 rings (SSSR count). The zero-order valence-electron chi connectivity index (χ0n) is 7.48. The molecule has 0 saturated carbocycles. The molecule has 0 spiro atoms. The summed E-state index contributed by atoms with van der Waals surface area (Å²) >= 11 is 5.47. The Morgan fingerprint density at radius 2 is 2.07 bits per heavy atom. The fraction of sp³-hybridized carbons (Fsp3) is 0.222. The quantitative estimate of drug-likeness (QED) is 0.579. The van der Waals surface area contributed by atoms with Crippen LogP contribution in [0.5, 0.6) is 0 Å². The number of aromatic amines is 1. The zero-order valence-corrected chi connectivity index (χ0v) is 8.23. The lowest BCUT2D eigenvalue weighted by Crippen LogP contribution is -2.30. The van der Waals surface area contributed by atoms with E-state index in [9.17, 15) is 13.2 Å². The minimum atomic E-state index is -4.41. The number of nitrogens with one attached hydrogen (secondary N) is 1. The minimum absolute atomic E-state index is 0.0182. The molecule has 2 heterocycles. The third-order valence-corrected chi connectivity index (χ3v) is 2.33. The smallest absolute Gasteiger partial charge is 0.239 e. The lowest BCUT2D eigenvalue weighted by molar-refractivity contribution is -0.540. The van der Waals surface area contributed by atoms with Crippen molar-refractivity contribution in [1.29, 1.82) is 0 Å². The van der Waals surface area contributed by atoms with E-state index in [1.165, 1.54) is 12.3 Å². The van der Waals surface area contributed by atoms with Crippen LogP contribution in [0.25, 0.3) is 5.65 Å². The van der Waals surface area contributed by atoms with Gasteiger partial charge in [-0.2, -0.15) is 17.6 Å². The second-order valence-electron chi connectivity index (χ2n) is 3.04. The Bertz CT molecular complexity index is 490. The lowest BCUT2D eigenvalue weighted by atomic mass is 10.3. The summed E-state index contributed by atoms with van der Waals surface area (Å²) in [5.41, 5.74) is -0.385. The summed E-state index contributed by atoms with van der Waals surface area (Å²) in [6.45, 7) is 0. The molecular formula is C9H7ClF3N2+. The van der Waals surface area contributed by atoms with E-state index >= 15 is 0 Å². The Kier molecular flexibility index (Phi) is 2.34. The van der Waals surface area contributed by atoms with Gasteiger partial charge in [-0.1, -0.05) is 6.07 Å². The van der Waals surface area contributed by atoms with Gasteiger partial charge in [0.1, 0.15) is 0 Å². The van der Waals surface area contributed by atoms with Crippen molar-refractivity contribution in [3.05, 3.63) is 35.8 Å². The molecule has 80 valence electrons. The second-order valence-corrected chi connectivity index (χ2v) is 3.31. The monoisotopic (exact) mass is 235 g/mol. The van der Waals surface area contributed by atoms with Crippen molar-refractivity contribution in [3.8, 4) is 0 Å². The number of hydrogen-bond acceptors (Lipinski definition) is 0. The Morgan fingerprint density at radius 3 is 2.67 bits per heavy atom. The van der Waals surface area contributed by atoms with Crippen LogP contribution in [0.15, 0.2) is 24.4 Å². The van der Waals surface area contributed by atoms with Gasteiger partial charge in [0, 0.05) is 6.07 Å². The van der Waals surface area contributed by atoms with E-state index in [1.807, 2.05) is 0 Å². The molecule has 0 saturated heterocycles. The largest absolute Gasteiger partial charge is 0.458 e. The maximum atomic E-state index is 12.7. The highest BCUT2D eigenvalue weighted by Gasteiger charge is 2.42. The lowest BCUT2D eigenvalue weighted by Gasteiger charge is -2.01. The number of halogens is 4. The van der Waals surface area contributed by atoms with E-state index in [1.54, 1.807) is 12.1 Å². The standard InChI is InChI=1S/C9H6ClF3N2/c10-5-6-8(9(11,12)13)15-4-2-1-3-7(15)14-6/h1-4H,5H2/p+1. The first-order valence-corrected chi connectivity index (χ1v) is 4.72. The number of H-pyrrole nitrogens is 1. The van der Waals surface area contributed by atoms with Crippen molar-refractivity contribution in [3.63, 3.8) is 0 Å². The number of alkyl halides is 4. The van der Waals surface area contributed by atoms with E-state index in [0.717, 1.165) is 4.40 Å². The minimum Gasteiger partial charge on any atom is -0.239 e. The van der Waals surface area contributed by atoms with Crippen molar-refractivity contribution in [2.24, 2.45) is 0 Å². The predicted octanol–water partition coefficient (Wildman–Crippen LogP) is 2.51. The molecule has 15 heavy (non-hydrogen) atoms. The average Bonchev–Trinajstić information content (AvgIpc) is 2.54. The van der Waals surface area contributed by atoms with Gasteiger partial charge in [0.05, 0.1) is 12.1 Å². The molecule has 0 unspecified atom stereocenters. The number of nitrogens with zero attached hydrogens (tertiary/aromatic N) is 1. The highest BCUT2D eigenvalue weighted by atomic mass is 35.5. The van der Waals surface area contributed by atoms with Gasteiger partial charge in [-0.25, -0.2) is 4.98 Å². The third kappa shape index (κ3) is 1.67. The fourth-order valence-electron chi connectivity index (χ4n) is 1.50. The molecule has 0 fully saturated rings. The summed E-state index contributed by atoms with van der Waals surface area (Å²) in [5.74, 6) is -0.198. The van der Waals surface area contributed by atoms with E-state index in [-0.39, 0.29) is 11.6 Å². The third-order valence-electron chi connectivity index (χ3n) is 2.07. The summed E-state index contributed by atoms with van der Waals surface area (Å²) < 4.78 is 39.2. The van der Waals surface area contributed by atoms with Crippen LogP contribution in [0, 0.1) is 0 Å². The highest BCUT2D eigenvalue weighted by molar-refractivity contribution is 6.17. The van der Waals surface area contributed by atoms with Crippen LogP contribution in [0.2, 0.25) is 0 Å². The molecule has 0 aliphatic carbocycles. The summed E-state index contributed by atoms with van der Waals surface area (Å²) in [5, 5.41) is 0. The molecule has 0 radical (unpaired) electrons. The normalized spacial score (nSPS) is 12.3. The SMILES string of the molecule is FC(F)(F)c1c(CCl)[nH]c2cccc[n+]12. The van der Waals surface area contributed by atoms with Gasteiger partial charge in [-0.05, 0) is 6.07 Å². The number of imidazole rings is 1. The molecule has 0 amide bonds. The summed E-state index contributed by atoms with van der Waals surface area (Å²) in [4.78, 5) is 2.63. The molecule has 2 aromatic heterocycles.